The smallest absolute Gasteiger partial charge is 0.191 e. The number of rotatable bonds is 7. The molecule has 0 fully saturated rings. The Hall–Kier alpha value is -2.69. The normalized spacial score (nSPS) is 11.0. The van der Waals surface area contributed by atoms with Gasteiger partial charge in [-0.25, -0.2) is 14.4 Å². The SMILES string of the molecule is CCNC(=NCc1ccc(C)c(F)c1)NCc1nc(-c2ccc(OC)cc2)n[nH]1.I. The summed E-state index contributed by atoms with van der Waals surface area (Å²) in [5.74, 6) is 2.48. The van der Waals surface area contributed by atoms with E-state index in [9.17, 15) is 4.39 Å². The van der Waals surface area contributed by atoms with E-state index in [4.69, 9.17) is 4.74 Å². The number of methoxy groups -OCH3 is 1. The zero-order chi connectivity index (χ0) is 20.6. The highest BCUT2D eigenvalue weighted by molar-refractivity contribution is 14.0. The van der Waals surface area contributed by atoms with Gasteiger partial charge in [0.2, 0.25) is 0 Å². The number of H-pyrrole nitrogens is 1. The molecule has 3 aromatic rings. The van der Waals surface area contributed by atoms with Gasteiger partial charge in [-0.05, 0) is 55.3 Å². The number of aliphatic imine (C=N–C) groups is 1. The van der Waals surface area contributed by atoms with Crippen LogP contribution < -0.4 is 15.4 Å². The summed E-state index contributed by atoms with van der Waals surface area (Å²) in [4.78, 5) is 9.01. The molecule has 0 saturated carbocycles. The number of nitrogens with zero attached hydrogens (tertiary/aromatic N) is 3. The first-order valence-corrected chi connectivity index (χ1v) is 9.42. The summed E-state index contributed by atoms with van der Waals surface area (Å²) in [7, 11) is 1.63. The third-order valence-corrected chi connectivity index (χ3v) is 4.30. The third-order valence-electron chi connectivity index (χ3n) is 4.30. The molecule has 0 unspecified atom stereocenters. The fourth-order valence-electron chi connectivity index (χ4n) is 2.66. The van der Waals surface area contributed by atoms with Crippen molar-refractivity contribution < 1.29 is 9.13 Å². The summed E-state index contributed by atoms with van der Waals surface area (Å²) < 4.78 is 18.9. The van der Waals surface area contributed by atoms with E-state index in [0.717, 1.165) is 16.9 Å². The number of aromatic amines is 1. The number of aryl methyl sites for hydroxylation is 1. The number of hydrogen-bond acceptors (Lipinski definition) is 4. The van der Waals surface area contributed by atoms with Gasteiger partial charge in [0.1, 0.15) is 17.4 Å². The number of hydrogen-bond donors (Lipinski definition) is 3. The van der Waals surface area contributed by atoms with Crippen LogP contribution in [0, 0.1) is 12.7 Å². The van der Waals surface area contributed by atoms with Crippen LogP contribution in [0.25, 0.3) is 11.4 Å². The van der Waals surface area contributed by atoms with Crippen molar-refractivity contribution >= 4 is 29.9 Å². The number of ether oxygens (including phenoxy) is 1. The second kappa shape index (κ2) is 11.5. The molecule has 1 aromatic heterocycles. The number of nitrogens with one attached hydrogen (secondary N) is 3. The molecular formula is C21H26FIN6O. The zero-order valence-electron chi connectivity index (χ0n) is 17.2. The Kier molecular flexibility index (Phi) is 9.03. The molecule has 0 spiro atoms. The maximum atomic E-state index is 13.7. The quantitative estimate of drug-likeness (QED) is 0.249. The van der Waals surface area contributed by atoms with Gasteiger partial charge in [-0.15, -0.1) is 24.0 Å². The maximum absolute atomic E-state index is 13.7. The van der Waals surface area contributed by atoms with Gasteiger partial charge >= 0.3 is 0 Å². The average Bonchev–Trinajstić information content (AvgIpc) is 3.21. The van der Waals surface area contributed by atoms with Gasteiger partial charge in [-0.2, -0.15) is 5.10 Å². The van der Waals surface area contributed by atoms with Gasteiger partial charge in [-0.3, -0.25) is 5.10 Å². The van der Waals surface area contributed by atoms with Gasteiger partial charge in [0, 0.05) is 12.1 Å². The van der Waals surface area contributed by atoms with Crippen molar-refractivity contribution in [3.63, 3.8) is 0 Å². The molecule has 0 bridgehead atoms. The zero-order valence-corrected chi connectivity index (χ0v) is 19.5. The molecule has 3 rings (SSSR count). The van der Waals surface area contributed by atoms with Crippen LogP contribution in [-0.2, 0) is 13.1 Å². The summed E-state index contributed by atoms with van der Waals surface area (Å²) in [5.41, 5.74) is 2.34. The molecule has 9 heteroatoms. The van der Waals surface area contributed by atoms with Crippen LogP contribution in [0.5, 0.6) is 5.75 Å². The van der Waals surface area contributed by atoms with E-state index in [0.29, 0.717) is 42.8 Å². The molecule has 30 heavy (non-hydrogen) atoms. The van der Waals surface area contributed by atoms with E-state index in [1.54, 1.807) is 20.1 Å². The van der Waals surface area contributed by atoms with Crippen molar-refractivity contribution in [1.82, 2.24) is 25.8 Å². The monoisotopic (exact) mass is 524 g/mol. The molecule has 3 N–H and O–H groups in total. The lowest BCUT2D eigenvalue weighted by Crippen LogP contribution is -2.37. The summed E-state index contributed by atoms with van der Waals surface area (Å²) in [6, 6.07) is 12.7. The Morgan fingerprint density at radius 3 is 2.60 bits per heavy atom. The van der Waals surface area contributed by atoms with Crippen molar-refractivity contribution in [3.05, 3.63) is 65.2 Å². The van der Waals surface area contributed by atoms with Crippen molar-refractivity contribution in [3.8, 4) is 17.1 Å². The molecule has 160 valence electrons. The average molecular weight is 524 g/mol. The maximum Gasteiger partial charge on any atom is 0.191 e. The Balaban J connectivity index is 0.00000320. The van der Waals surface area contributed by atoms with Crippen LogP contribution in [0.2, 0.25) is 0 Å². The highest BCUT2D eigenvalue weighted by Crippen LogP contribution is 2.18. The first kappa shape index (κ1) is 23.6. The predicted octanol–water partition coefficient (Wildman–Crippen LogP) is 3.80. The van der Waals surface area contributed by atoms with Crippen molar-refractivity contribution in [2.24, 2.45) is 4.99 Å². The molecule has 0 amide bonds. The van der Waals surface area contributed by atoms with Crippen LogP contribution in [0.1, 0.15) is 23.9 Å². The third kappa shape index (κ3) is 6.41. The number of guanidine groups is 1. The molecule has 0 saturated heterocycles. The number of halogens is 2. The van der Waals surface area contributed by atoms with Crippen LogP contribution in [-0.4, -0.2) is 34.8 Å². The first-order chi connectivity index (χ1) is 14.1. The highest BCUT2D eigenvalue weighted by atomic mass is 127. The summed E-state index contributed by atoms with van der Waals surface area (Å²) >= 11 is 0. The van der Waals surface area contributed by atoms with Gasteiger partial charge < -0.3 is 15.4 Å². The Labute approximate surface area is 192 Å². The van der Waals surface area contributed by atoms with E-state index in [2.05, 4.69) is 30.8 Å². The minimum atomic E-state index is -0.219. The van der Waals surface area contributed by atoms with Crippen LogP contribution in [0.3, 0.4) is 0 Å². The fraction of sp³-hybridized carbons (Fsp3) is 0.286. The van der Waals surface area contributed by atoms with E-state index < -0.39 is 0 Å². The van der Waals surface area contributed by atoms with Crippen molar-refractivity contribution in [2.45, 2.75) is 26.9 Å². The van der Waals surface area contributed by atoms with Gasteiger partial charge in [0.05, 0.1) is 20.2 Å². The van der Waals surface area contributed by atoms with Crippen molar-refractivity contribution in [1.29, 1.82) is 0 Å². The summed E-state index contributed by atoms with van der Waals surface area (Å²) in [6.07, 6.45) is 0. The molecule has 0 atom stereocenters. The molecule has 0 aliphatic rings. The fourth-order valence-corrected chi connectivity index (χ4v) is 2.66. The minimum absolute atomic E-state index is 0. The van der Waals surface area contributed by atoms with E-state index in [1.807, 2.05) is 37.3 Å². The lowest BCUT2D eigenvalue weighted by Gasteiger charge is -2.10. The minimum Gasteiger partial charge on any atom is -0.497 e. The molecule has 7 nitrogen and oxygen atoms in total. The predicted molar refractivity (Wildman–Crippen MR) is 127 cm³/mol. The van der Waals surface area contributed by atoms with E-state index >= 15 is 0 Å². The summed E-state index contributed by atoms with van der Waals surface area (Å²) in [5, 5.41) is 13.6. The van der Waals surface area contributed by atoms with Gasteiger partial charge in [0.15, 0.2) is 11.8 Å². The Morgan fingerprint density at radius 2 is 1.93 bits per heavy atom. The van der Waals surface area contributed by atoms with Crippen LogP contribution in [0.4, 0.5) is 4.39 Å². The van der Waals surface area contributed by atoms with Crippen LogP contribution >= 0.6 is 24.0 Å². The molecule has 1 heterocycles. The lowest BCUT2D eigenvalue weighted by molar-refractivity contribution is 0.415. The second-order valence-corrected chi connectivity index (χ2v) is 6.47. The first-order valence-electron chi connectivity index (χ1n) is 9.42. The highest BCUT2D eigenvalue weighted by Gasteiger charge is 2.07. The topological polar surface area (TPSA) is 87.2 Å². The van der Waals surface area contributed by atoms with E-state index in [1.165, 1.54) is 6.07 Å². The number of aromatic nitrogens is 3. The largest absolute Gasteiger partial charge is 0.497 e. The Bertz CT molecular complexity index is 974. The lowest BCUT2D eigenvalue weighted by atomic mass is 10.1. The number of benzene rings is 2. The van der Waals surface area contributed by atoms with Gasteiger partial charge in [-0.1, -0.05) is 12.1 Å². The van der Waals surface area contributed by atoms with Crippen LogP contribution in [0.15, 0.2) is 47.5 Å². The molecule has 0 aliphatic carbocycles. The molecule has 0 radical (unpaired) electrons. The Morgan fingerprint density at radius 1 is 1.17 bits per heavy atom. The second-order valence-electron chi connectivity index (χ2n) is 6.47. The van der Waals surface area contributed by atoms with Crippen molar-refractivity contribution in [2.75, 3.05) is 13.7 Å². The summed E-state index contributed by atoms with van der Waals surface area (Å²) in [6.45, 7) is 5.24. The van der Waals surface area contributed by atoms with E-state index in [-0.39, 0.29) is 29.8 Å². The van der Waals surface area contributed by atoms with Gasteiger partial charge in [0.25, 0.3) is 0 Å². The molecule has 2 aromatic carbocycles. The molecule has 0 aliphatic heterocycles. The standard InChI is InChI=1S/C21H25FN6O.HI/c1-4-23-21(24-12-15-6-5-14(2)18(22)11-15)25-13-19-26-20(28-27-19)16-7-9-17(29-3)10-8-16;/h5-11H,4,12-13H2,1-3H3,(H2,23,24,25)(H,26,27,28);1H. The molecular weight excluding hydrogens is 498 g/mol.